The van der Waals surface area contributed by atoms with Crippen molar-refractivity contribution in [3.05, 3.63) is 71.5 Å². The molecule has 0 aromatic heterocycles. The van der Waals surface area contributed by atoms with E-state index in [0.717, 1.165) is 36.8 Å². The van der Waals surface area contributed by atoms with E-state index in [4.69, 9.17) is 4.74 Å². The maximum Gasteiger partial charge on any atom is 0.410 e. The van der Waals surface area contributed by atoms with Crippen molar-refractivity contribution in [2.24, 2.45) is 5.92 Å². The highest BCUT2D eigenvalue weighted by atomic mass is 19.1. The van der Waals surface area contributed by atoms with Crippen molar-refractivity contribution in [1.82, 2.24) is 10.2 Å². The first kappa shape index (κ1) is 21.3. The highest BCUT2D eigenvalue weighted by Crippen LogP contribution is 2.39. The molecule has 1 aliphatic carbocycles. The molecule has 0 radical (unpaired) electrons. The van der Waals surface area contributed by atoms with Crippen molar-refractivity contribution in [2.45, 2.75) is 50.7 Å². The summed E-state index contributed by atoms with van der Waals surface area (Å²) < 4.78 is 18.8. The molecule has 6 heteroatoms. The number of piperidine rings is 1. The smallest absolute Gasteiger partial charge is 0.410 e. The van der Waals surface area contributed by atoms with Gasteiger partial charge in [0, 0.05) is 19.0 Å². The second kappa shape index (κ2) is 9.50. The summed E-state index contributed by atoms with van der Waals surface area (Å²) in [5, 5.41) is 3.29. The standard InChI is InChI=1S/C25H29FN2O3/c26-22-10-8-21(9-11-22)25(14-4-5-15-25)27-23(29)20-12-16-28(17-13-20)24(30)31-18-19-6-2-1-3-7-19/h1-3,6-11,20H,4-5,12-18H2,(H,27,29). The molecule has 2 aromatic carbocycles. The average molecular weight is 425 g/mol. The molecule has 2 aliphatic rings. The van der Waals surface area contributed by atoms with Gasteiger partial charge >= 0.3 is 6.09 Å². The molecule has 4 rings (SSSR count). The maximum absolute atomic E-state index is 13.4. The molecule has 1 saturated heterocycles. The van der Waals surface area contributed by atoms with Crippen molar-refractivity contribution < 1.29 is 18.7 Å². The summed E-state index contributed by atoms with van der Waals surface area (Å²) in [6, 6.07) is 16.1. The number of benzene rings is 2. The highest BCUT2D eigenvalue weighted by molar-refractivity contribution is 5.80. The molecule has 0 spiro atoms. The van der Waals surface area contributed by atoms with Crippen LogP contribution in [0.3, 0.4) is 0 Å². The molecule has 5 nitrogen and oxygen atoms in total. The van der Waals surface area contributed by atoms with Gasteiger partial charge in [-0.05, 0) is 48.9 Å². The number of nitrogens with one attached hydrogen (secondary N) is 1. The molecular formula is C25H29FN2O3. The number of rotatable bonds is 5. The van der Waals surface area contributed by atoms with E-state index in [9.17, 15) is 14.0 Å². The molecule has 1 heterocycles. The number of carbonyl (C=O) groups is 2. The fraction of sp³-hybridized carbons (Fsp3) is 0.440. The minimum atomic E-state index is -0.406. The highest BCUT2D eigenvalue weighted by Gasteiger charge is 2.39. The number of nitrogens with zero attached hydrogens (tertiary/aromatic N) is 1. The third-order valence-corrected chi connectivity index (χ3v) is 6.55. The maximum atomic E-state index is 13.4. The van der Waals surface area contributed by atoms with Gasteiger partial charge in [0.15, 0.2) is 0 Å². The van der Waals surface area contributed by atoms with Crippen LogP contribution in [-0.4, -0.2) is 30.0 Å². The average Bonchev–Trinajstić information content (AvgIpc) is 3.28. The molecule has 0 unspecified atom stereocenters. The summed E-state index contributed by atoms with van der Waals surface area (Å²) >= 11 is 0. The van der Waals surface area contributed by atoms with Crippen LogP contribution < -0.4 is 5.32 Å². The Balaban J connectivity index is 1.30. The summed E-state index contributed by atoms with van der Waals surface area (Å²) in [5.74, 6) is -0.366. The number of ether oxygens (including phenoxy) is 1. The Morgan fingerprint density at radius 2 is 1.65 bits per heavy atom. The molecule has 1 N–H and O–H groups in total. The Hall–Kier alpha value is -2.89. The van der Waals surface area contributed by atoms with Crippen LogP contribution in [0.1, 0.15) is 49.7 Å². The van der Waals surface area contributed by atoms with Gasteiger partial charge < -0.3 is 15.0 Å². The molecule has 0 bridgehead atoms. The number of hydrogen-bond acceptors (Lipinski definition) is 3. The van der Waals surface area contributed by atoms with Crippen LogP contribution >= 0.6 is 0 Å². The number of likely N-dealkylation sites (tertiary alicyclic amines) is 1. The fourth-order valence-corrected chi connectivity index (χ4v) is 4.71. The lowest BCUT2D eigenvalue weighted by atomic mass is 9.86. The molecule has 31 heavy (non-hydrogen) atoms. The van der Waals surface area contributed by atoms with Gasteiger partial charge in [-0.3, -0.25) is 4.79 Å². The first-order valence-corrected chi connectivity index (χ1v) is 11.1. The second-order valence-electron chi connectivity index (χ2n) is 8.59. The van der Waals surface area contributed by atoms with Crippen LogP contribution in [0, 0.1) is 11.7 Å². The van der Waals surface area contributed by atoms with E-state index in [2.05, 4.69) is 5.32 Å². The SMILES string of the molecule is O=C(NC1(c2ccc(F)cc2)CCCC1)C1CCN(C(=O)OCc2ccccc2)CC1. The quantitative estimate of drug-likeness (QED) is 0.753. The summed E-state index contributed by atoms with van der Waals surface area (Å²) in [7, 11) is 0. The molecule has 2 aromatic rings. The molecule has 1 saturated carbocycles. The van der Waals surface area contributed by atoms with Crippen LogP contribution in [-0.2, 0) is 21.7 Å². The van der Waals surface area contributed by atoms with Crippen molar-refractivity contribution in [1.29, 1.82) is 0 Å². The van der Waals surface area contributed by atoms with Gasteiger partial charge in [-0.2, -0.15) is 0 Å². The molecule has 2 amide bonds. The molecule has 0 atom stereocenters. The molecule has 164 valence electrons. The summed E-state index contributed by atoms with van der Waals surface area (Å²) in [5.41, 5.74) is 1.52. The van der Waals surface area contributed by atoms with Gasteiger partial charge in [-0.1, -0.05) is 55.3 Å². The number of hydrogen-bond donors (Lipinski definition) is 1. The molecule has 1 aliphatic heterocycles. The monoisotopic (exact) mass is 424 g/mol. The van der Waals surface area contributed by atoms with Gasteiger partial charge in [0.05, 0.1) is 5.54 Å². The minimum absolute atomic E-state index is 0.0310. The second-order valence-corrected chi connectivity index (χ2v) is 8.59. The Morgan fingerprint density at radius 3 is 2.29 bits per heavy atom. The van der Waals surface area contributed by atoms with Gasteiger partial charge in [0.1, 0.15) is 12.4 Å². The van der Waals surface area contributed by atoms with Crippen molar-refractivity contribution in [3.63, 3.8) is 0 Å². The zero-order valence-corrected chi connectivity index (χ0v) is 17.7. The lowest BCUT2D eigenvalue weighted by Crippen LogP contribution is -2.49. The molecule has 2 fully saturated rings. The lowest BCUT2D eigenvalue weighted by Gasteiger charge is -2.35. The first-order valence-electron chi connectivity index (χ1n) is 11.1. The Morgan fingerprint density at radius 1 is 1.00 bits per heavy atom. The summed E-state index contributed by atoms with van der Waals surface area (Å²) in [6.07, 6.45) is 4.73. The topological polar surface area (TPSA) is 58.6 Å². The predicted molar refractivity (Wildman–Crippen MR) is 116 cm³/mol. The van der Waals surface area contributed by atoms with E-state index in [-0.39, 0.29) is 30.3 Å². The summed E-state index contributed by atoms with van der Waals surface area (Å²) in [4.78, 5) is 27.1. The fourth-order valence-electron chi connectivity index (χ4n) is 4.71. The number of carbonyl (C=O) groups excluding carboxylic acids is 2. The van der Waals surface area contributed by atoms with E-state index in [0.29, 0.717) is 25.9 Å². The Labute approximate surface area is 182 Å². The molecular weight excluding hydrogens is 395 g/mol. The zero-order valence-electron chi connectivity index (χ0n) is 17.7. The van der Waals surface area contributed by atoms with Crippen LogP contribution in [0.15, 0.2) is 54.6 Å². The van der Waals surface area contributed by atoms with Gasteiger partial charge in [0.25, 0.3) is 0 Å². The lowest BCUT2D eigenvalue weighted by molar-refractivity contribution is -0.128. The number of halogens is 1. The van der Waals surface area contributed by atoms with Crippen molar-refractivity contribution in [2.75, 3.05) is 13.1 Å². The zero-order chi connectivity index (χ0) is 21.7. The van der Waals surface area contributed by atoms with Gasteiger partial charge in [0.2, 0.25) is 5.91 Å². The van der Waals surface area contributed by atoms with Crippen molar-refractivity contribution >= 4 is 12.0 Å². The third-order valence-electron chi connectivity index (χ3n) is 6.55. The third kappa shape index (κ3) is 5.06. The minimum Gasteiger partial charge on any atom is -0.445 e. The van der Waals surface area contributed by atoms with Crippen LogP contribution in [0.2, 0.25) is 0 Å². The number of amides is 2. The van der Waals surface area contributed by atoms with E-state index < -0.39 is 5.54 Å². The van der Waals surface area contributed by atoms with E-state index in [1.54, 1.807) is 17.0 Å². The van der Waals surface area contributed by atoms with E-state index >= 15 is 0 Å². The van der Waals surface area contributed by atoms with E-state index in [1.165, 1.54) is 12.1 Å². The van der Waals surface area contributed by atoms with Crippen LogP contribution in [0.4, 0.5) is 9.18 Å². The van der Waals surface area contributed by atoms with Crippen LogP contribution in [0.5, 0.6) is 0 Å². The van der Waals surface area contributed by atoms with Gasteiger partial charge in [-0.15, -0.1) is 0 Å². The predicted octanol–water partition coefficient (Wildman–Crippen LogP) is 4.76. The Bertz CT molecular complexity index is 887. The van der Waals surface area contributed by atoms with Gasteiger partial charge in [-0.25, -0.2) is 9.18 Å². The van der Waals surface area contributed by atoms with E-state index in [1.807, 2.05) is 30.3 Å². The Kier molecular flexibility index (Phi) is 6.54. The summed E-state index contributed by atoms with van der Waals surface area (Å²) in [6.45, 7) is 1.27. The van der Waals surface area contributed by atoms with Crippen molar-refractivity contribution in [3.8, 4) is 0 Å². The largest absolute Gasteiger partial charge is 0.445 e. The normalized spacial score (nSPS) is 18.5. The van der Waals surface area contributed by atoms with Crippen LogP contribution in [0.25, 0.3) is 0 Å². The first-order chi connectivity index (χ1) is 15.1.